The van der Waals surface area contributed by atoms with E-state index in [1.807, 2.05) is 30.3 Å². The van der Waals surface area contributed by atoms with Gasteiger partial charge in [0.2, 0.25) is 11.6 Å². The molecule has 0 radical (unpaired) electrons. The maximum absolute atomic E-state index is 15.7. The van der Waals surface area contributed by atoms with Crippen LogP contribution in [0, 0.1) is 0 Å². The lowest BCUT2D eigenvalue weighted by Gasteiger charge is -2.30. The summed E-state index contributed by atoms with van der Waals surface area (Å²) in [5.74, 6) is -3.29. The number of ether oxygens (including phenoxy) is 2. The first-order valence-corrected chi connectivity index (χ1v) is 12.7. The van der Waals surface area contributed by atoms with Crippen molar-refractivity contribution in [3.8, 4) is 0 Å². The van der Waals surface area contributed by atoms with Crippen molar-refractivity contribution in [2.24, 2.45) is 0 Å². The van der Waals surface area contributed by atoms with E-state index in [1.54, 1.807) is 30.3 Å². The summed E-state index contributed by atoms with van der Waals surface area (Å²) in [6.45, 7) is -0.394. The monoisotopic (exact) mass is 587 g/mol. The number of hydrogen-bond donors (Lipinski definition) is 4. The summed E-state index contributed by atoms with van der Waals surface area (Å²) in [7, 11) is 1.14. The van der Waals surface area contributed by atoms with Crippen LogP contribution in [-0.4, -0.2) is 78.3 Å². The number of carboxylic acid groups (broad SMARTS) is 2. The highest BCUT2D eigenvalue weighted by Crippen LogP contribution is 2.28. The standard InChI is InChI=1S/C27H27ClFN5O7/c1-40-18(14-41-27(24(36)37,25(38)39)12-16-8-4-2-5-9-16)20(35)21(29)34-15-31-19-22(32-26(28)33-23(19)34)30-13-17-10-6-3-7-11-17/h2-11,15,18,20-21,35H,12-14H2,1H3,(H,36,37)(H,38,39)(H,30,32,33)/t18-,20-,21-/m1/s1. The first-order valence-electron chi connectivity index (χ1n) is 12.3. The summed E-state index contributed by atoms with van der Waals surface area (Å²) in [6, 6.07) is 17.4. The van der Waals surface area contributed by atoms with Crippen LogP contribution < -0.4 is 5.32 Å². The molecular weight excluding hydrogens is 561 g/mol. The minimum absolute atomic E-state index is 0.0302. The molecule has 41 heavy (non-hydrogen) atoms. The molecule has 0 aliphatic heterocycles. The van der Waals surface area contributed by atoms with Gasteiger partial charge < -0.3 is 30.1 Å². The van der Waals surface area contributed by atoms with Gasteiger partial charge in [-0.05, 0) is 22.7 Å². The topological polar surface area (TPSA) is 169 Å². The molecule has 0 bridgehead atoms. The molecule has 0 unspecified atom stereocenters. The number of carboxylic acids is 2. The molecule has 4 aromatic rings. The Morgan fingerprint density at radius 3 is 2.24 bits per heavy atom. The van der Waals surface area contributed by atoms with E-state index in [0.717, 1.165) is 23.6 Å². The lowest BCUT2D eigenvalue weighted by Crippen LogP contribution is -2.53. The van der Waals surface area contributed by atoms with Crippen molar-refractivity contribution in [3.63, 3.8) is 0 Å². The van der Waals surface area contributed by atoms with Crippen LogP contribution in [0.1, 0.15) is 17.4 Å². The minimum Gasteiger partial charge on any atom is -0.479 e. The third kappa shape index (κ3) is 6.60. The number of halogens is 2. The first kappa shape index (κ1) is 29.8. The van der Waals surface area contributed by atoms with E-state index in [4.69, 9.17) is 21.1 Å². The van der Waals surface area contributed by atoms with Gasteiger partial charge in [0.05, 0.1) is 12.9 Å². The fourth-order valence-electron chi connectivity index (χ4n) is 4.15. The molecular formula is C27H27ClFN5O7. The second kappa shape index (κ2) is 13.0. The van der Waals surface area contributed by atoms with Crippen molar-refractivity contribution in [2.75, 3.05) is 19.0 Å². The molecule has 0 fully saturated rings. The van der Waals surface area contributed by atoms with Crippen LogP contribution in [0.4, 0.5) is 10.2 Å². The maximum Gasteiger partial charge on any atom is 0.348 e. The summed E-state index contributed by atoms with van der Waals surface area (Å²) in [5.41, 5.74) is -1.23. The highest BCUT2D eigenvalue weighted by molar-refractivity contribution is 6.28. The number of fused-ring (bicyclic) bond motifs is 1. The number of hydrogen-bond acceptors (Lipinski definition) is 9. The normalized spacial score (nSPS) is 14.0. The molecule has 2 aromatic heterocycles. The van der Waals surface area contributed by atoms with Gasteiger partial charge in [0, 0.05) is 20.1 Å². The summed E-state index contributed by atoms with van der Waals surface area (Å²) in [4.78, 5) is 36.5. The van der Waals surface area contributed by atoms with Gasteiger partial charge in [-0.2, -0.15) is 9.97 Å². The van der Waals surface area contributed by atoms with E-state index in [2.05, 4.69) is 20.3 Å². The molecule has 3 atom stereocenters. The fraction of sp³-hybridized carbons (Fsp3) is 0.296. The Kier molecular flexibility index (Phi) is 9.45. The molecule has 2 aromatic carbocycles. The molecule has 12 nitrogen and oxygen atoms in total. The summed E-state index contributed by atoms with van der Waals surface area (Å²) in [6.07, 6.45) is -5.09. The van der Waals surface area contributed by atoms with Crippen LogP contribution in [-0.2, 0) is 32.0 Å². The zero-order valence-corrected chi connectivity index (χ0v) is 22.5. The Balaban J connectivity index is 1.54. The molecule has 0 saturated carbocycles. The van der Waals surface area contributed by atoms with Crippen molar-refractivity contribution in [1.82, 2.24) is 19.5 Å². The highest BCUT2D eigenvalue weighted by Gasteiger charge is 2.49. The molecule has 0 aliphatic rings. The predicted molar refractivity (Wildman–Crippen MR) is 145 cm³/mol. The van der Waals surface area contributed by atoms with E-state index in [9.17, 15) is 24.9 Å². The first-order chi connectivity index (χ1) is 19.7. The molecule has 2 heterocycles. The van der Waals surface area contributed by atoms with Crippen LogP contribution >= 0.6 is 11.6 Å². The second-order valence-electron chi connectivity index (χ2n) is 9.05. The average molecular weight is 588 g/mol. The summed E-state index contributed by atoms with van der Waals surface area (Å²) < 4.78 is 27.2. The number of aliphatic hydroxyl groups is 1. The Hall–Kier alpha value is -4.17. The Morgan fingerprint density at radius 2 is 1.66 bits per heavy atom. The average Bonchev–Trinajstić information content (AvgIpc) is 3.39. The molecule has 0 amide bonds. The number of carbonyl (C=O) groups is 2. The molecule has 4 rings (SSSR count). The molecule has 0 saturated heterocycles. The van der Waals surface area contributed by atoms with Crippen LogP contribution in [0.5, 0.6) is 0 Å². The van der Waals surface area contributed by atoms with Crippen LogP contribution in [0.2, 0.25) is 5.28 Å². The number of aliphatic carboxylic acids is 2. The molecule has 0 aliphatic carbocycles. The van der Waals surface area contributed by atoms with Crippen molar-refractivity contribution in [3.05, 3.63) is 83.4 Å². The SMILES string of the molecule is CO[C@H](COC(Cc1ccccc1)(C(=O)O)C(=O)O)[C@@H](O)[C@H](F)n1cnc2c(NCc3ccccc3)nc(Cl)nc21. The smallest absolute Gasteiger partial charge is 0.348 e. The summed E-state index contributed by atoms with van der Waals surface area (Å²) in [5, 5.41) is 33.3. The highest BCUT2D eigenvalue weighted by atomic mass is 35.5. The maximum atomic E-state index is 15.7. The number of aliphatic hydroxyl groups excluding tert-OH is 1. The number of rotatable bonds is 14. The number of nitrogens with one attached hydrogen (secondary N) is 1. The zero-order chi connectivity index (χ0) is 29.6. The van der Waals surface area contributed by atoms with Gasteiger partial charge in [-0.1, -0.05) is 60.7 Å². The van der Waals surface area contributed by atoms with Crippen molar-refractivity contribution in [1.29, 1.82) is 0 Å². The van der Waals surface area contributed by atoms with Gasteiger partial charge in [0.15, 0.2) is 17.0 Å². The number of imidazole rings is 1. The van der Waals surface area contributed by atoms with Gasteiger partial charge >= 0.3 is 11.9 Å². The molecule has 0 spiro atoms. The Labute approximate surface area is 238 Å². The predicted octanol–water partition coefficient (Wildman–Crippen LogP) is 3.10. The van der Waals surface area contributed by atoms with E-state index in [-0.39, 0.29) is 22.3 Å². The van der Waals surface area contributed by atoms with Crippen LogP contribution in [0.15, 0.2) is 67.0 Å². The summed E-state index contributed by atoms with van der Waals surface area (Å²) >= 11 is 6.09. The van der Waals surface area contributed by atoms with Crippen LogP contribution in [0.3, 0.4) is 0 Å². The number of alkyl halides is 1. The van der Waals surface area contributed by atoms with Gasteiger partial charge in [0.1, 0.15) is 12.2 Å². The van der Waals surface area contributed by atoms with E-state index < -0.39 is 49.1 Å². The minimum atomic E-state index is -2.72. The second-order valence-corrected chi connectivity index (χ2v) is 9.39. The number of methoxy groups -OCH3 is 1. The number of anilines is 1. The van der Waals surface area contributed by atoms with Gasteiger partial charge in [-0.25, -0.2) is 19.0 Å². The van der Waals surface area contributed by atoms with Crippen molar-refractivity contribution in [2.45, 2.75) is 37.1 Å². The molecule has 4 N–H and O–H groups in total. The van der Waals surface area contributed by atoms with E-state index >= 15 is 4.39 Å². The Morgan fingerprint density at radius 1 is 1.05 bits per heavy atom. The third-order valence-electron chi connectivity index (χ3n) is 6.41. The van der Waals surface area contributed by atoms with Crippen molar-refractivity contribution >= 4 is 40.5 Å². The third-order valence-corrected chi connectivity index (χ3v) is 6.58. The van der Waals surface area contributed by atoms with Crippen molar-refractivity contribution < 1.29 is 38.8 Å². The Bertz CT molecular complexity index is 1480. The molecule has 14 heteroatoms. The van der Waals surface area contributed by atoms with E-state index in [0.29, 0.717) is 12.1 Å². The fourth-order valence-corrected chi connectivity index (χ4v) is 4.31. The largest absolute Gasteiger partial charge is 0.479 e. The van der Waals surface area contributed by atoms with Gasteiger partial charge in [0.25, 0.3) is 5.60 Å². The number of nitrogens with zero attached hydrogens (tertiary/aromatic N) is 4. The molecule has 216 valence electrons. The number of aromatic nitrogens is 4. The van der Waals surface area contributed by atoms with Crippen LogP contribution in [0.25, 0.3) is 11.2 Å². The lowest BCUT2D eigenvalue weighted by atomic mass is 9.94. The van der Waals surface area contributed by atoms with Gasteiger partial charge in [-0.3, -0.25) is 4.57 Å². The zero-order valence-electron chi connectivity index (χ0n) is 21.7. The van der Waals surface area contributed by atoms with E-state index in [1.165, 1.54) is 0 Å². The number of benzene rings is 2. The quantitative estimate of drug-likeness (QED) is 0.126. The lowest BCUT2D eigenvalue weighted by molar-refractivity contribution is -0.192. The van der Waals surface area contributed by atoms with Gasteiger partial charge in [-0.15, -0.1) is 0 Å².